The molecule has 0 unspecified atom stereocenters. The number of hydrogen-bond acceptors (Lipinski definition) is 2. The molecule has 1 heterocycles. The Hall–Kier alpha value is -1.71. The smallest absolute Gasteiger partial charge is 0.123 e. The first-order valence-corrected chi connectivity index (χ1v) is 3.89. The number of benzene rings is 1. The molecule has 3 nitrogen and oxygen atoms in total. The van der Waals surface area contributed by atoms with Crippen molar-refractivity contribution >= 4 is 0 Å². The minimum Gasteiger partial charge on any atom is -0.207 e. The summed E-state index contributed by atoms with van der Waals surface area (Å²) in [6.45, 7) is 1.84. The van der Waals surface area contributed by atoms with Crippen LogP contribution in [-0.4, -0.2) is 15.4 Å². The number of hydrogen-bond donors (Lipinski definition) is 1. The zero-order chi connectivity index (χ0) is 9.26. The van der Waals surface area contributed by atoms with Crippen LogP contribution < -0.4 is 0 Å². The SMILES string of the molecule is Cc1cc(F)ccc1-c1cn[nH]n1. The fraction of sp³-hybridized carbons (Fsp3) is 0.111. The van der Waals surface area contributed by atoms with Gasteiger partial charge in [0.25, 0.3) is 0 Å². The third kappa shape index (κ3) is 1.42. The van der Waals surface area contributed by atoms with Crippen molar-refractivity contribution < 1.29 is 4.39 Å². The maximum Gasteiger partial charge on any atom is 0.123 e. The predicted molar refractivity (Wildman–Crippen MR) is 46.5 cm³/mol. The fourth-order valence-corrected chi connectivity index (χ4v) is 1.25. The summed E-state index contributed by atoms with van der Waals surface area (Å²) in [5, 5.41) is 10.1. The van der Waals surface area contributed by atoms with Gasteiger partial charge in [-0.15, -0.1) is 0 Å². The number of H-pyrrole nitrogens is 1. The molecule has 0 aliphatic heterocycles. The van der Waals surface area contributed by atoms with E-state index in [-0.39, 0.29) is 5.82 Å². The van der Waals surface area contributed by atoms with Gasteiger partial charge in [-0.2, -0.15) is 15.4 Å². The third-order valence-electron chi connectivity index (χ3n) is 1.88. The van der Waals surface area contributed by atoms with Crippen LogP contribution in [0.2, 0.25) is 0 Å². The molecule has 2 rings (SSSR count). The molecule has 0 aliphatic rings. The summed E-state index contributed by atoms with van der Waals surface area (Å²) in [7, 11) is 0. The standard InChI is InChI=1S/C9H8FN3/c1-6-4-7(10)2-3-8(6)9-5-11-13-12-9/h2-5H,1H3,(H,11,12,13). The van der Waals surface area contributed by atoms with Crippen molar-refractivity contribution in [2.45, 2.75) is 6.92 Å². The second kappa shape index (κ2) is 2.97. The molecule has 4 heteroatoms. The highest BCUT2D eigenvalue weighted by atomic mass is 19.1. The molecule has 0 atom stereocenters. The van der Waals surface area contributed by atoms with Crippen molar-refractivity contribution in [3.8, 4) is 11.3 Å². The van der Waals surface area contributed by atoms with Gasteiger partial charge in [-0.1, -0.05) is 0 Å². The van der Waals surface area contributed by atoms with Crippen LogP contribution in [-0.2, 0) is 0 Å². The Balaban J connectivity index is 2.53. The van der Waals surface area contributed by atoms with Gasteiger partial charge in [0.1, 0.15) is 11.5 Å². The highest BCUT2D eigenvalue weighted by molar-refractivity contribution is 5.61. The molecule has 0 spiro atoms. The van der Waals surface area contributed by atoms with Crippen LogP contribution in [0.3, 0.4) is 0 Å². The molecular weight excluding hydrogens is 169 g/mol. The number of rotatable bonds is 1. The van der Waals surface area contributed by atoms with Crippen LogP contribution in [0.4, 0.5) is 4.39 Å². The van der Waals surface area contributed by atoms with Gasteiger partial charge in [0.2, 0.25) is 0 Å². The highest BCUT2D eigenvalue weighted by Gasteiger charge is 2.04. The summed E-state index contributed by atoms with van der Waals surface area (Å²) in [6, 6.07) is 4.59. The summed E-state index contributed by atoms with van der Waals surface area (Å²) in [5.74, 6) is -0.232. The first kappa shape index (κ1) is 7.91. The summed E-state index contributed by atoms with van der Waals surface area (Å²) in [6.07, 6.45) is 1.61. The first-order chi connectivity index (χ1) is 6.27. The topological polar surface area (TPSA) is 41.6 Å². The van der Waals surface area contributed by atoms with Crippen molar-refractivity contribution in [2.75, 3.05) is 0 Å². The molecule has 0 saturated carbocycles. The van der Waals surface area contributed by atoms with Crippen LogP contribution in [0.15, 0.2) is 24.4 Å². The van der Waals surface area contributed by atoms with Crippen molar-refractivity contribution in [3.05, 3.63) is 35.8 Å². The summed E-state index contributed by atoms with van der Waals surface area (Å²) < 4.78 is 12.7. The Labute approximate surface area is 74.6 Å². The lowest BCUT2D eigenvalue weighted by molar-refractivity contribution is 0.627. The number of aryl methyl sites for hydroxylation is 1. The number of halogens is 1. The van der Waals surface area contributed by atoms with Crippen molar-refractivity contribution in [2.24, 2.45) is 0 Å². The molecular formula is C9H8FN3. The van der Waals surface area contributed by atoms with E-state index < -0.39 is 0 Å². The van der Waals surface area contributed by atoms with Gasteiger partial charge in [0.05, 0.1) is 6.20 Å². The van der Waals surface area contributed by atoms with Crippen LogP contribution >= 0.6 is 0 Å². The maximum absolute atomic E-state index is 12.7. The molecule has 0 fully saturated rings. The Morgan fingerprint density at radius 3 is 2.85 bits per heavy atom. The average Bonchev–Trinajstić information content (AvgIpc) is 2.56. The quantitative estimate of drug-likeness (QED) is 0.723. The van der Waals surface area contributed by atoms with E-state index >= 15 is 0 Å². The normalized spacial score (nSPS) is 10.3. The third-order valence-corrected chi connectivity index (χ3v) is 1.88. The molecule has 0 amide bonds. The lowest BCUT2D eigenvalue weighted by atomic mass is 10.1. The second-order valence-corrected chi connectivity index (χ2v) is 2.81. The van der Waals surface area contributed by atoms with E-state index in [1.54, 1.807) is 12.3 Å². The van der Waals surface area contributed by atoms with Gasteiger partial charge in [-0.3, -0.25) is 0 Å². The molecule has 1 aromatic carbocycles. The van der Waals surface area contributed by atoms with E-state index in [0.29, 0.717) is 0 Å². The number of aromatic amines is 1. The minimum atomic E-state index is -0.232. The minimum absolute atomic E-state index is 0.232. The molecule has 1 N–H and O–H groups in total. The monoisotopic (exact) mass is 177 g/mol. The fourth-order valence-electron chi connectivity index (χ4n) is 1.25. The average molecular weight is 177 g/mol. The van der Waals surface area contributed by atoms with E-state index in [1.165, 1.54) is 12.1 Å². The molecule has 2 aromatic rings. The van der Waals surface area contributed by atoms with E-state index in [4.69, 9.17) is 0 Å². The maximum atomic E-state index is 12.7. The van der Waals surface area contributed by atoms with Crippen molar-refractivity contribution in [1.29, 1.82) is 0 Å². The Bertz CT molecular complexity index is 409. The van der Waals surface area contributed by atoms with Crippen LogP contribution in [0.1, 0.15) is 5.56 Å². The second-order valence-electron chi connectivity index (χ2n) is 2.81. The van der Waals surface area contributed by atoms with Crippen LogP contribution in [0.25, 0.3) is 11.3 Å². The summed E-state index contributed by atoms with van der Waals surface area (Å²) >= 11 is 0. The molecule has 0 saturated heterocycles. The van der Waals surface area contributed by atoms with Crippen molar-refractivity contribution in [3.63, 3.8) is 0 Å². The summed E-state index contributed by atoms with van der Waals surface area (Å²) in [5.41, 5.74) is 2.49. The Kier molecular flexibility index (Phi) is 1.81. The molecule has 66 valence electrons. The lowest BCUT2D eigenvalue weighted by Crippen LogP contribution is -1.85. The van der Waals surface area contributed by atoms with Crippen molar-refractivity contribution in [1.82, 2.24) is 15.4 Å². The predicted octanol–water partition coefficient (Wildman–Crippen LogP) is 1.92. The van der Waals surface area contributed by atoms with E-state index in [0.717, 1.165) is 16.8 Å². The Morgan fingerprint density at radius 2 is 2.23 bits per heavy atom. The number of nitrogens with zero attached hydrogens (tertiary/aromatic N) is 2. The van der Waals surface area contributed by atoms with Gasteiger partial charge in [-0.25, -0.2) is 4.39 Å². The largest absolute Gasteiger partial charge is 0.207 e. The van der Waals surface area contributed by atoms with Gasteiger partial charge < -0.3 is 0 Å². The number of nitrogens with one attached hydrogen (secondary N) is 1. The molecule has 1 aromatic heterocycles. The zero-order valence-corrected chi connectivity index (χ0v) is 7.08. The van der Waals surface area contributed by atoms with Crippen LogP contribution in [0, 0.1) is 12.7 Å². The van der Waals surface area contributed by atoms with Gasteiger partial charge in [-0.05, 0) is 30.7 Å². The zero-order valence-electron chi connectivity index (χ0n) is 7.08. The number of aromatic nitrogens is 3. The van der Waals surface area contributed by atoms with E-state index in [1.807, 2.05) is 6.92 Å². The Morgan fingerprint density at radius 1 is 1.38 bits per heavy atom. The molecule has 0 radical (unpaired) electrons. The highest BCUT2D eigenvalue weighted by Crippen LogP contribution is 2.20. The molecule has 13 heavy (non-hydrogen) atoms. The van der Waals surface area contributed by atoms with Gasteiger partial charge in [0.15, 0.2) is 0 Å². The molecule has 0 bridgehead atoms. The van der Waals surface area contributed by atoms with Crippen LogP contribution in [0.5, 0.6) is 0 Å². The lowest BCUT2D eigenvalue weighted by Gasteiger charge is -2.00. The van der Waals surface area contributed by atoms with Gasteiger partial charge >= 0.3 is 0 Å². The first-order valence-electron chi connectivity index (χ1n) is 3.89. The molecule has 0 aliphatic carbocycles. The van der Waals surface area contributed by atoms with E-state index in [9.17, 15) is 4.39 Å². The van der Waals surface area contributed by atoms with E-state index in [2.05, 4.69) is 15.4 Å². The summed E-state index contributed by atoms with van der Waals surface area (Å²) in [4.78, 5) is 0. The van der Waals surface area contributed by atoms with Gasteiger partial charge in [0, 0.05) is 5.56 Å².